The average Bonchev–Trinajstić information content (AvgIpc) is 3.13. The number of amides is 1. The van der Waals surface area contributed by atoms with Crippen LogP contribution in [0.2, 0.25) is 5.02 Å². The maximum Gasteiger partial charge on any atom is 0.255 e. The Hall–Kier alpha value is -2.40. The molecule has 2 N–H and O–H groups in total. The number of rotatable bonds is 5. The molecule has 0 spiro atoms. The number of sulfonamides is 1. The third-order valence-corrected chi connectivity index (χ3v) is 6.44. The fourth-order valence-electron chi connectivity index (χ4n) is 3.03. The molecule has 1 aromatic heterocycles. The van der Waals surface area contributed by atoms with Crippen molar-refractivity contribution in [3.05, 3.63) is 47.0 Å². The zero-order valence-corrected chi connectivity index (χ0v) is 18.4. The molecule has 0 radical (unpaired) electrons. The maximum absolute atomic E-state index is 12.7. The highest BCUT2D eigenvalue weighted by Gasteiger charge is 2.16. The molecule has 0 bridgehead atoms. The highest BCUT2D eigenvalue weighted by molar-refractivity contribution is 7.92. The summed E-state index contributed by atoms with van der Waals surface area (Å²) in [7, 11) is -3.52. The summed E-state index contributed by atoms with van der Waals surface area (Å²) in [5, 5.41) is 3.98. The molecule has 11 heteroatoms. The number of anilines is 3. The predicted octanol–water partition coefficient (Wildman–Crippen LogP) is 3.41. The predicted molar refractivity (Wildman–Crippen MR) is 121 cm³/mol. The third-order valence-electron chi connectivity index (χ3n) is 4.44. The zero-order valence-electron chi connectivity index (χ0n) is 16.0. The van der Waals surface area contributed by atoms with Crippen molar-refractivity contribution >= 4 is 65.6 Å². The van der Waals surface area contributed by atoms with Crippen LogP contribution in [0.4, 0.5) is 16.5 Å². The summed E-state index contributed by atoms with van der Waals surface area (Å²) >= 11 is 7.59. The first kappa shape index (κ1) is 20.9. The lowest BCUT2D eigenvalue weighted by Gasteiger charge is -2.25. The van der Waals surface area contributed by atoms with Crippen LogP contribution >= 0.6 is 22.9 Å². The van der Waals surface area contributed by atoms with Crippen LogP contribution in [-0.4, -0.2) is 51.9 Å². The van der Waals surface area contributed by atoms with Crippen LogP contribution < -0.4 is 14.9 Å². The van der Waals surface area contributed by atoms with Gasteiger partial charge in [0.25, 0.3) is 5.91 Å². The number of halogens is 1. The maximum atomic E-state index is 12.7. The van der Waals surface area contributed by atoms with Crippen molar-refractivity contribution < 1.29 is 17.9 Å². The number of nitrogens with zero attached hydrogens (tertiary/aromatic N) is 2. The molecule has 1 amide bonds. The molecule has 0 atom stereocenters. The molecule has 0 aliphatic carbocycles. The van der Waals surface area contributed by atoms with Gasteiger partial charge in [0.1, 0.15) is 0 Å². The Morgan fingerprint density at radius 2 is 1.97 bits per heavy atom. The van der Waals surface area contributed by atoms with E-state index < -0.39 is 10.0 Å². The number of hydrogen-bond donors (Lipinski definition) is 2. The quantitative estimate of drug-likeness (QED) is 0.597. The Morgan fingerprint density at radius 3 is 2.70 bits per heavy atom. The van der Waals surface area contributed by atoms with Crippen molar-refractivity contribution in [2.45, 2.75) is 0 Å². The van der Waals surface area contributed by atoms with Crippen LogP contribution in [-0.2, 0) is 14.8 Å². The molecule has 4 rings (SSSR count). The smallest absolute Gasteiger partial charge is 0.255 e. The minimum Gasteiger partial charge on any atom is -0.378 e. The minimum absolute atomic E-state index is 0.153. The Morgan fingerprint density at radius 1 is 1.20 bits per heavy atom. The number of morpholine rings is 1. The molecule has 1 aliphatic rings. The first-order valence-corrected chi connectivity index (χ1v) is 12.2. The molecule has 2 aromatic carbocycles. The Bertz CT molecular complexity index is 1210. The summed E-state index contributed by atoms with van der Waals surface area (Å²) in [5.41, 5.74) is 1.92. The molecule has 0 saturated carbocycles. The van der Waals surface area contributed by atoms with Gasteiger partial charge >= 0.3 is 0 Å². The van der Waals surface area contributed by atoms with Crippen LogP contribution in [0.1, 0.15) is 10.4 Å². The first-order valence-electron chi connectivity index (χ1n) is 9.10. The van der Waals surface area contributed by atoms with E-state index in [-0.39, 0.29) is 22.2 Å². The van der Waals surface area contributed by atoms with Gasteiger partial charge in [-0.25, -0.2) is 13.4 Å². The van der Waals surface area contributed by atoms with Gasteiger partial charge in [-0.2, -0.15) is 0 Å². The number of ether oxygens (including phenoxy) is 1. The molecule has 1 saturated heterocycles. The molecule has 158 valence electrons. The van der Waals surface area contributed by atoms with Crippen molar-refractivity contribution in [3.63, 3.8) is 0 Å². The van der Waals surface area contributed by atoms with Gasteiger partial charge in [-0.1, -0.05) is 22.9 Å². The number of fused-ring (bicyclic) bond motifs is 1. The van der Waals surface area contributed by atoms with E-state index in [1.807, 2.05) is 12.1 Å². The standard InChI is InChI=1S/C19H19ClN4O4S2/c1-30(26,27)23-16-10-12(2-4-14(16)20)18(25)21-13-3-5-15-17(11-13)29-19(22-15)24-6-8-28-9-7-24/h2-5,10-11,23H,6-9H2,1H3,(H,21,25). The first-order chi connectivity index (χ1) is 14.3. The summed E-state index contributed by atoms with van der Waals surface area (Å²) in [5.74, 6) is -0.375. The van der Waals surface area contributed by atoms with E-state index in [1.54, 1.807) is 17.4 Å². The van der Waals surface area contributed by atoms with Crippen molar-refractivity contribution in [1.82, 2.24) is 4.98 Å². The molecule has 1 fully saturated rings. The van der Waals surface area contributed by atoms with E-state index in [9.17, 15) is 13.2 Å². The lowest BCUT2D eigenvalue weighted by atomic mass is 10.2. The summed E-state index contributed by atoms with van der Waals surface area (Å²) in [6, 6.07) is 9.94. The number of hydrogen-bond acceptors (Lipinski definition) is 7. The molecule has 0 unspecified atom stereocenters. The summed E-state index contributed by atoms with van der Waals surface area (Å²) in [6.45, 7) is 3.00. The molecule has 2 heterocycles. The SMILES string of the molecule is CS(=O)(=O)Nc1cc(C(=O)Nc2ccc3nc(N4CCOCC4)sc3c2)ccc1Cl. The van der Waals surface area contributed by atoms with Gasteiger partial charge < -0.3 is 15.0 Å². The largest absolute Gasteiger partial charge is 0.378 e. The van der Waals surface area contributed by atoms with Gasteiger partial charge in [0.2, 0.25) is 10.0 Å². The lowest BCUT2D eigenvalue weighted by molar-refractivity contribution is 0.102. The summed E-state index contributed by atoms with van der Waals surface area (Å²) in [6.07, 6.45) is 1.02. The normalized spacial score (nSPS) is 14.7. The van der Waals surface area contributed by atoms with E-state index in [1.165, 1.54) is 18.2 Å². The van der Waals surface area contributed by atoms with Gasteiger partial charge in [0, 0.05) is 24.3 Å². The zero-order chi connectivity index (χ0) is 21.3. The minimum atomic E-state index is -3.52. The van der Waals surface area contributed by atoms with Crippen molar-refractivity contribution in [2.75, 3.05) is 47.5 Å². The third kappa shape index (κ3) is 4.84. The highest BCUT2D eigenvalue weighted by Crippen LogP contribution is 2.31. The fourth-order valence-corrected chi connectivity index (χ4v) is 4.87. The van der Waals surface area contributed by atoms with E-state index in [2.05, 4.69) is 19.9 Å². The second kappa shape index (κ2) is 8.38. The van der Waals surface area contributed by atoms with E-state index in [4.69, 9.17) is 16.3 Å². The van der Waals surface area contributed by atoms with Crippen LogP contribution in [0, 0.1) is 0 Å². The van der Waals surface area contributed by atoms with Gasteiger partial charge in [-0.3, -0.25) is 9.52 Å². The van der Waals surface area contributed by atoms with Crippen LogP contribution in [0.3, 0.4) is 0 Å². The Kier molecular flexibility index (Phi) is 5.83. The number of benzene rings is 2. The van der Waals surface area contributed by atoms with Crippen LogP contribution in [0.25, 0.3) is 10.2 Å². The molecule has 1 aliphatic heterocycles. The van der Waals surface area contributed by atoms with E-state index >= 15 is 0 Å². The van der Waals surface area contributed by atoms with Crippen molar-refractivity contribution in [1.29, 1.82) is 0 Å². The van der Waals surface area contributed by atoms with E-state index in [0.717, 1.165) is 34.7 Å². The number of nitrogens with one attached hydrogen (secondary N) is 2. The second-order valence-electron chi connectivity index (χ2n) is 6.80. The van der Waals surface area contributed by atoms with E-state index in [0.29, 0.717) is 18.9 Å². The van der Waals surface area contributed by atoms with Crippen molar-refractivity contribution in [2.24, 2.45) is 0 Å². The molecule has 3 aromatic rings. The Labute approximate surface area is 182 Å². The van der Waals surface area contributed by atoms with Crippen LogP contribution in [0.5, 0.6) is 0 Å². The topological polar surface area (TPSA) is 101 Å². The summed E-state index contributed by atoms with van der Waals surface area (Å²) < 4.78 is 31.6. The molecular formula is C19H19ClN4O4S2. The fraction of sp³-hybridized carbons (Fsp3) is 0.263. The van der Waals surface area contributed by atoms with Gasteiger partial charge in [0.15, 0.2) is 5.13 Å². The number of carbonyl (C=O) groups excluding carboxylic acids is 1. The highest BCUT2D eigenvalue weighted by atomic mass is 35.5. The number of thiazole rings is 1. The van der Waals surface area contributed by atoms with Gasteiger partial charge in [-0.15, -0.1) is 0 Å². The van der Waals surface area contributed by atoms with Gasteiger partial charge in [-0.05, 0) is 36.4 Å². The molecule has 8 nitrogen and oxygen atoms in total. The summed E-state index contributed by atoms with van der Waals surface area (Å²) in [4.78, 5) is 19.5. The number of carbonyl (C=O) groups is 1. The van der Waals surface area contributed by atoms with Gasteiger partial charge in [0.05, 0.1) is 40.4 Å². The van der Waals surface area contributed by atoms with Crippen LogP contribution in [0.15, 0.2) is 36.4 Å². The molecular weight excluding hydrogens is 448 g/mol. The molecule has 30 heavy (non-hydrogen) atoms. The number of aromatic nitrogens is 1. The second-order valence-corrected chi connectivity index (χ2v) is 9.97. The lowest BCUT2D eigenvalue weighted by Crippen LogP contribution is -2.36. The monoisotopic (exact) mass is 466 g/mol. The average molecular weight is 467 g/mol. The van der Waals surface area contributed by atoms with Crippen molar-refractivity contribution in [3.8, 4) is 0 Å². The Balaban J connectivity index is 1.53.